The molecule has 4 N–H and O–H groups in total. The topological polar surface area (TPSA) is 67.2 Å². The molecule has 0 fully saturated rings. The summed E-state index contributed by atoms with van der Waals surface area (Å²) in [6, 6.07) is 8.51. The Hall–Kier alpha value is -2.56. The largest absolute Gasteiger partial charge is 0.397 e. The number of carbonyl (C=O) groups is 1. The van der Waals surface area contributed by atoms with E-state index in [4.69, 9.17) is 5.73 Å². The molecule has 5 heteroatoms. The number of nitrogen functional groups attached to an aromatic ring is 1. The molecule has 0 bridgehead atoms. The van der Waals surface area contributed by atoms with Crippen molar-refractivity contribution >= 4 is 28.7 Å². The van der Waals surface area contributed by atoms with Crippen LogP contribution >= 0.6 is 0 Å². The molecule has 1 aliphatic rings. The normalized spacial score (nSPS) is 13.5. The molecule has 1 amide bonds. The predicted molar refractivity (Wildman–Crippen MR) is 82.2 cm³/mol. The van der Waals surface area contributed by atoms with Crippen LogP contribution in [0.1, 0.15) is 17.5 Å². The SMILES string of the molecule is Cc1cc(Nc2cc3c(cc2N)NC(=O)CC3)ccc1F. The second-order valence-corrected chi connectivity index (χ2v) is 5.23. The number of anilines is 4. The maximum Gasteiger partial charge on any atom is 0.224 e. The number of amides is 1. The van der Waals surface area contributed by atoms with Gasteiger partial charge in [-0.25, -0.2) is 4.39 Å². The summed E-state index contributed by atoms with van der Waals surface area (Å²) >= 11 is 0. The van der Waals surface area contributed by atoms with E-state index in [9.17, 15) is 9.18 Å². The smallest absolute Gasteiger partial charge is 0.224 e. The number of hydrogen-bond donors (Lipinski definition) is 3. The summed E-state index contributed by atoms with van der Waals surface area (Å²) in [5, 5.41) is 6.01. The third-order valence-corrected chi connectivity index (χ3v) is 3.61. The van der Waals surface area contributed by atoms with Gasteiger partial charge in [0.1, 0.15) is 5.82 Å². The highest BCUT2D eigenvalue weighted by molar-refractivity contribution is 5.95. The van der Waals surface area contributed by atoms with Crippen molar-refractivity contribution in [3.8, 4) is 0 Å². The number of hydrogen-bond acceptors (Lipinski definition) is 3. The first-order valence-corrected chi connectivity index (χ1v) is 6.78. The van der Waals surface area contributed by atoms with Gasteiger partial charge in [0.2, 0.25) is 5.91 Å². The zero-order chi connectivity index (χ0) is 15.0. The standard InChI is InChI=1S/C16H16FN3O/c1-9-6-11(3-4-12(9)17)19-15-7-10-2-5-16(21)20-14(10)8-13(15)18/h3-4,6-8,19H,2,5,18H2,1H3,(H,20,21). The molecule has 0 radical (unpaired) electrons. The van der Waals surface area contributed by atoms with Crippen molar-refractivity contribution in [2.24, 2.45) is 0 Å². The highest BCUT2D eigenvalue weighted by atomic mass is 19.1. The number of nitrogens with two attached hydrogens (primary N) is 1. The molecule has 1 aliphatic heterocycles. The number of aryl methyl sites for hydroxylation is 2. The molecule has 0 atom stereocenters. The van der Waals surface area contributed by atoms with E-state index < -0.39 is 0 Å². The molecular weight excluding hydrogens is 269 g/mol. The second kappa shape index (κ2) is 5.09. The Bertz CT molecular complexity index is 728. The molecule has 21 heavy (non-hydrogen) atoms. The fourth-order valence-corrected chi connectivity index (χ4v) is 2.43. The van der Waals surface area contributed by atoms with Gasteiger partial charge in [0, 0.05) is 17.8 Å². The van der Waals surface area contributed by atoms with Gasteiger partial charge in [-0.15, -0.1) is 0 Å². The molecule has 108 valence electrons. The molecule has 4 nitrogen and oxygen atoms in total. The lowest BCUT2D eigenvalue weighted by atomic mass is 10.0. The molecular formula is C16H16FN3O. The molecule has 2 aromatic rings. The summed E-state index contributed by atoms with van der Waals surface area (Å²) < 4.78 is 13.3. The molecule has 0 aromatic heterocycles. The summed E-state index contributed by atoms with van der Waals surface area (Å²) in [5.41, 5.74) is 10.5. The van der Waals surface area contributed by atoms with Crippen LogP contribution in [0.5, 0.6) is 0 Å². The van der Waals surface area contributed by atoms with E-state index in [2.05, 4.69) is 10.6 Å². The summed E-state index contributed by atoms with van der Waals surface area (Å²) in [6.45, 7) is 1.71. The Morgan fingerprint density at radius 2 is 2.05 bits per heavy atom. The Morgan fingerprint density at radius 3 is 2.81 bits per heavy atom. The predicted octanol–water partition coefficient (Wildman–Crippen LogP) is 3.34. The van der Waals surface area contributed by atoms with Gasteiger partial charge in [-0.05, 0) is 54.8 Å². The van der Waals surface area contributed by atoms with E-state index in [0.717, 1.165) is 22.6 Å². The van der Waals surface area contributed by atoms with E-state index in [0.29, 0.717) is 24.1 Å². The quantitative estimate of drug-likeness (QED) is 0.741. The second-order valence-electron chi connectivity index (χ2n) is 5.23. The summed E-state index contributed by atoms with van der Waals surface area (Å²) in [4.78, 5) is 11.4. The minimum atomic E-state index is -0.235. The van der Waals surface area contributed by atoms with Crippen molar-refractivity contribution in [2.45, 2.75) is 19.8 Å². The molecule has 0 aliphatic carbocycles. The van der Waals surface area contributed by atoms with Gasteiger partial charge in [0.05, 0.1) is 11.4 Å². The molecule has 3 rings (SSSR count). The first kappa shape index (κ1) is 13.4. The summed E-state index contributed by atoms with van der Waals surface area (Å²) in [6.07, 6.45) is 1.17. The monoisotopic (exact) mass is 285 g/mol. The highest BCUT2D eigenvalue weighted by Gasteiger charge is 2.16. The van der Waals surface area contributed by atoms with E-state index in [1.165, 1.54) is 6.07 Å². The number of nitrogens with one attached hydrogen (secondary N) is 2. The van der Waals surface area contributed by atoms with Crippen molar-refractivity contribution in [1.29, 1.82) is 0 Å². The first-order valence-electron chi connectivity index (χ1n) is 6.78. The lowest BCUT2D eigenvalue weighted by Gasteiger charge is -2.20. The molecule has 0 saturated heterocycles. The van der Waals surface area contributed by atoms with Crippen LogP contribution in [-0.4, -0.2) is 5.91 Å². The maximum atomic E-state index is 13.3. The Balaban J connectivity index is 1.92. The number of benzene rings is 2. The molecule has 2 aromatic carbocycles. The molecule has 0 spiro atoms. The van der Waals surface area contributed by atoms with Gasteiger partial charge in [-0.1, -0.05) is 0 Å². The van der Waals surface area contributed by atoms with Gasteiger partial charge in [0.25, 0.3) is 0 Å². The van der Waals surface area contributed by atoms with Crippen molar-refractivity contribution in [3.05, 3.63) is 47.3 Å². The van der Waals surface area contributed by atoms with Crippen LogP contribution in [0.3, 0.4) is 0 Å². The van der Waals surface area contributed by atoms with E-state index >= 15 is 0 Å². The van der Waals surface area contributed by atoms with Crippen LogP contribution < -0.4 is 16.4 Å². The van der Waals surface area contributed by atoms with Gasteiger partial charge >= 0.3 is 0 Å². The Kier molecular flexibility index (Phi) is 3.25. The third-order valence-electron chi connectivity index (χ3n) is 3.61. The minimum absolute atomic E-state index is 0.0109. The van der Waals surface area contributed by atoms with Gasteiger partial charge < -0.3 is 16.4 Å². The Labute approximate surface area is 122 Å². The van der Waals surface area contributed by atoms with Crippen molar-refractivity contribution < 1.29 is 9.18 Å². The summed E-state index contributed by atoms with van der Waals surface area (Å²) in [5.74, 6) is -0.224. The molecule has 0 unspecified atom stereocenters. The maximum absolute atomic E-state index is 13.3. The van der Waals surface area contributed by atoms with Crippen molar-refractivity contribution in [1.82, 2.24) is 0 Å². The van der Waals surface area contributed by atoms with Crippen LogP contribution in [0.15, 0.2) is 30.3 Å². The first-order chi connectivity index (χ1) is 10.0. The number of rotatable bonds is 2. The van der Waals surface area contributed by atoms with E-state index in [1.807, 2.05) is 6.07 Å². The molecule has 0 saturated carbocycles. The van der Waals surface area contributed by atoms with Crippen LogP contribution in [-0.2, 0) is 11.2 Å². The number of fused-ring (bicyclic) bond motifs is 1. The zero-order valence-corrected chi connectivity index (χ0v) is 11.7. The number of halogens is 1. The third kappa shape index (κ3) is 2.67. The minimum Gasteiger partial charge on any atom is -0.397 e. The highest BCUT2D eigenvalue weighted by Crippen LogP contribution is 2.32. The average Bonchev–Trinajstić information content (AvgIpc) is 2.44. The van der Waals surface area contributed by atoms with Crippen LogP contribution in [0.4, 0.5) is 27.1 Å². The van der Waals surface area contributed by atoms with Crippen LogP contribution in [0.2, 0.25) is 0 Å². The molecule has 1 heterocycles. The van der Waals surface area contributed by atoms with E-state index in [-0.39, 0.29) is 11.7 Å². The van der Waals surface area contributed by atoms with Crippen molar-refractivity contribution in [2.75, 3.05) is 16.4 Å². The fraction of sp³-hybridized carbons (Fsp3) is 0.188. The van der Waals surface area contributed by atoms with Gasteiger partial charge in [0.15, 0.2) is 0 Å². The van der Waals surface area contributed by atoms with E-state index in [1.54, 1.807) is 25.1 Å². The number of carbonyl (C=O) groups excluding carboxylic acids is 1. The summed E-state index contributed by atoms with van der Waals surface area (Å²) in [7, 11) is 0. The lowest BCUT2D eigenvalue weighted by molar-refractivity contribution is -0.116. The van der Waals surface area contributed by atoms with Crippen LogP contribution in [0.25, 0.3) is 0 Å². The average molecular weight is 285 g/mol. The van der Waals surface area contributed by atoms with Crippen molar-refractivity contribution in [3.63, 3.8) is 0 Å². The van der Waals surface area contributed by atoms with Gasteiger partial charge in [-0.2, -0.15) is 0 Å². The van der Waals surface area contributed by atoms with Gasteiger partial charge in [-0.3, -0.25) is 4.79 Å². The lowest BCUT2D eigenvalue weighted by Crippen LogP contribution is -2.19. The fourth-order valence-electron chi connectivity index (χ4n) is 2.43. The zero-order valence-electron chi connectivity index (χ0n) is 11.7. The Morgan fingerprint density at radius 1 is 1.24 bits per heavy atom. The van der Waals surface area contributed by atoms with Crippen LogP contribution in [0, 0.1) is 12.7 Å².